The topological polar surface area (TPSA) is 88.2 Å². The lowest BCUT2D eigenvalue weighted by molar-refractivity contribution is -0.145. The van der Waals surface area contributed by atoms with Gasteiger partial charge in [0.2, 0.25) is 5.91 Å². The van der Waals surface area contributed by atoms with Gasteiger partial charge in [0, 0.05) is 19.7 Å². The highest BCUT2D eigenvalue weighted by Crippen LogP contribution is 2.47. The minimum Gasteiger partial charge on any atom is -0.409 e. The van der Waals surface area contributed by atoms with Crippen molar-refractivity contribution in [1.82, 2.24) is 4.90 Å². The first kappa shape index (κ1) is 15.8. The number of amidine groups is 1. The predicted octanol–water partition coefficient (Wildman–Crippen LogP) is 1.03. The van der Waals surface area contributed by atoms with Gasteiger partial charge in [0.1, 0.15) is 5.41 Å². The summed E-state index contributed by atoms with van der Waals surface area (Å²) < 4.78 is 5.28. The highest BCUT2D eigenvalue weighted by molar-refractivity contribution is 6.07. The standard InChI is InChI=1S/C13H25N3O3/c1-4-16(6-7-19-5-2)12(17)13(11(14)15-18)8-10(3)9-13/h10,18H,4-9H2,1-3H3,(H2,14,15). The lowest BCUT2D eigenvalue weighted by Gasteiger charge is -2.46. The SMILES string of the molecule is CCOCCN(CC)C(=O)C1(C(N)=NO)CC(C)C1. The fraction of sp³-hybridized carbons (Fsp3) is 0.846. The second kappa shape index (κ2) is 6.75. The minimum atomic E-state index is -0.809. The zero-order chi connectivity index (χ0) is 14.5. The Morgan fingerprint density at radius 2 is 2.16 bits per heavy atom. The quantitative estimate of drug-likeness (QED) is 0.238. The summed E-state index contributed by atoms with van der Waals surface area (Å²) in [5.74, 6) is 0.406. The van der Waals surface area contributed by atoms with Gasteiger partial charge in [-0.2, -0.15) is 0 Å². The number of ether oxygens (including phenoxy) is 1. The molecule has 0 atom stereocenters. The van der Waals surface area contributed by atoms with Crippen LogP contribution in [0.2, 0.25) is 0 Å². The summed E-state index contributed by atoms with van der Waals surface area (Å²) in [6, 6.07) is 0. The summed E-state index contributed by atoms with van der Waals surface area (Å²) in [5.41, 5.74) is 4.94. The summed E-state index contributed by atoms with van der Waals surface area (Å²) in [6.07, 6.45) is 1.29. The number of amides is 1. The number of rotatable bonds is 7. The molecule has 0 aromatic heterocycles. The van der Waals surface area contributed by atoms with Crippen LogP contribution in [0.3, 0.4) is 0 Å². The van der Waals surface area contributed by atoms with Crippen LogP contribution in [0.4, 0.5) is 0 Å². The van der Waals surface area contributed by atoms with E-state index in [-0.39, 0.29) is 11.7 Å². The molecule has 1 fully saturated rings. The summed E-state index contributed by atoms with van der Waals surface area (Å²) in [7, 11) is 0. The molecule has 6 heteroatoms. The number of hydrogen-bond donors (Lipinski definition) is 2. The van der Waals surface area contributed by atoms with E-state index in [1.807, 2.05) is 13.8 Å². The van der Waals surface area contributed by atoms with E-state index in [0.717, 1.165) is 0 Å². The Hall–Kier alpha value is -1.30. The van der Waals surface area contributed by atoms with Gasteiger partial charge in [-0.25, -0.2) is 0 Å². The van der Waals surface area contributed by atoms with Crippen molar-refractivity contribution in [2.24, 2.45) is 22.2 Å². The molecule has 1 saturated carbocycles. The molecule has 0 bridgehead atoms. The van der Waals surface area contributed by atoms with Gasteiger partial charge >= 0.3 is 0 Å². The molecule has 19 heavy (non-hydrogen) atoms. The summed E-state index contributed by atoms with van der Waals surface area (Å²) in [4.78, 5) is 14.3. The number of hydrogen-bond acceptors (Lipinski definition) is 4. The lowest BCUT2D eigenvalue weighted by atomic mass is 9.61. The maximum absolute atomic E-state index is 12.6. The monoisotopic (exact) mass is 271 g/mol. The molecule has 110 valence electrons. The molecule has 1 aliphatic rings. The molecule has 1 rings (SSSR count). The van der Waals surface area contributed by atoms with Gasteiger partial charge in [-0.3, -0.25) is 4.79 Å². The largest absolute Gasteiger partial charge is 0.409 e. The van der Waals surface area contributed by atoms with E-state index in [1.165, 1.54) is 0 Å². The number of carbonyl (C=O) groups is 1. The Labute approximate surface area is 114 Å². The van der Waals surface area contributed by atoms with Crippen molar-refractivity contribution in [3.05, 3.63) is 0 Å². The van der Waals surface area contributed by atoms with E-state index < -0.39 is 5.41 Å². The van der Waals surface area contributed by atoms with Crippen LogP contribution in [0, 0.1) is 11.3 Å². The van der Waals surface area contributed by atoms with Crippen molar-refractivity contribution in [1.29, 1.82) is 0 Å². The second-order valence-electron chi connectivity index (χ2n) is 5.16. The molecule has 0 spiro atoms. The number of oxime groups is 1. The molecule has 1 amide bonds. The van der Waals surface area contributed by atoms with E-state index in [9.17, 15) is 4.79 Å². The van der Waals surface area contributed by atoms with E-state index in [2.05, 4.69) is 12.1 Å². The number of likely N-dealkylation sites (N-methyl/N-ethyl adjacent to an activating group) is 1. The van der Waals surface area contributed by atoms with Gasteiger partial charge in [0.15, 0.2) is 5.84 Å². The van der Waals surface area contributed by atoms with E-state index in [4.69, 9.17) is 15.7 Å². The summed E-state index contributed by atoms with van der Waals surface area (Å²) in [6.45, 7) is 8.19. The number of carbonyl (C=O) groups excluding carboxylic acids is 1. The van der Waals surface area contributed by atoms with Crippen LogP contribution in [0.1, 0.15) is 33.6 Å². The fourth-order valence-electron chi connectivity index (χ4n) is 2.74. The van der Waals surface area contributed by atoms with Crippen molar-refractivity contribution in [3.8, 4) is 0 Å². The maximum Gasteiger partial charge on any atom is 0.236 e. The first-order chi connectivity index (χ1) is 9.01. The van der Waals surface area contributed by atoms with Crippen LogP contribution < -0.4 is 5.73 Å². The molecule has 0 aliphatic heterocycles. The van der Waals surface area contributed by atoms with Gasteiger partial charge in [0.05, 0.1) is 6.61 Å². The van der Waals surface area contributed by atoms with Crippen molar-refractivity contribution in [3.63, 3.8) is 0 Å². The second-order valence-corrected chi connectivity index (χ2v) is 5.16. The Bertz CT molecular complexity index is 338. The number of nitrogens with two attached hydrogens (primary N) is 1. The van der Waals surface area contributed by atoms with Crippen LogP contribution in [0.25, 0.3) is 0 Å². The lowest BCUT2D eigenvalue weighted by Crippen LogP contribution is -2.58. The minimum absolute atomic E-state index is 0.0328. The smallest absolute Gasteiger partial charge is 0.236 e. The normalized spacial score (nSPS) is 26.9. The average molecular weight is 271 g/mol. The molecule has 0 aromatic carbocycles. The zero-order valence-corrected chi connectivity index (χ0v) is 12.1. The predicted molar refractivity (Wildman–Crippen MR) is 73.0 cm³/mol. The molecule has 0 aromatic rings. The molecular formula is C13H25N3O3. The third kappa shape index (κ3) is 3.18. The Morgan fingerprint density at radius 1 is 1.53 bits per heavy atom. The van der Waals surface area contributed by atoms with Crippen molar-refractivity contribution in [2.45, 2.75) is 33.6 Å². The molecule has 0 saturated heterocycles. The third-order valence-corrected chi connectivity index (χ3v) is 3.78. The third-order valence-electron chi connectivity index (χ3n) is 3.78. The fourth-order valence-corrected chi connectivity index (χ4v) is 2.74. The van der Waals surface area contributed by atoms with E-state index in [1.54, 1.807) is 4.90 Å². The molecule has 6 nitrogen and oxygen atoms in total. The Balaban J connectivity index is 2.76. The van der Waals surface area contributed by atoms with Gasteiger partial charge in [-0.1, -0.05) is 12.1 Å². The molecule has 3 N–H and O–H groups in total. The Morgan fingerprint density at radius 3 is 2.58 bits per heavy atom. The van der Waals surface area contributed by atoms with Crippen LogP contribution in [-0.4, -0.2) is 48.2 Å². The number of nitrogens with zero attached hydrogens (tertiary/aromatic N) is 2. The highest BCUT2D eigenvalue weighted by Gasteiger charge is 2.53. The van der Waals surface area contributed by atoms with Gasteiger partial charge in [-0.05, 0) is 32.6 Å². The summed E-state index contributed by atoms with van der Waals surface area (Å²) in [5, 5.41) is 12.0. The van der Waals surface area contributed by atoms with Crippen LogP contribution in [0.5, 0.6) is 0 Å². The first-order valence-corrected chi connectivity index (χ1v) is 6.86. The van der Waals surface area contributed by atoms with Crippen molar-refractivity contribution < 1.29 is 14.7 Å². The summed E-state index contributed by atoms with van der Waals surface area (Å²) >= 11 is 0. The van der Waals surface area contributed by atoms with Gasteiger partial charge < -0.3 is 20.6 Å². The molecule has 0 unspecified atom stereocenters. The zero-order valence-electron chi connectivity index (χ0n) is 12.1. The van der Waals surface area contributed by atoms with Crippen molar-refractivity contribution in [2.75, 3.05) is 26.3 Å². The van der Waals surface area contributed by atoms with Gasteiger partial charge in [0.25, 0.3) is 0 Å². The molecule has 1 aliphatic carbocycles. The van der Waals surface area contributed by atoms with E-state index >= 15 is 0 Å². The average Bonchev–Trinajstić information content (AvgIpc) is 2.38. The van der Waals surface area contributed by atoms with Crippen LogP contribution in [-0.2, 0) is 9.53 Å². The van der Waals surface area contributed by atoms with E-state index in [0.29, 0.717) is 45.1 Å². The van der Waals surface area contributed by atoms with Crippen LogP contribution in [0.15, 0.2) is 5.16 Å². The Kier molecular flexibility index (Phi) is 5.60. The van der Waals surface area contributed by atoms with Gasteiger partial charge in [-0.15, -0.1) is 0 Å². The molecular weight excluding hydrogens is 246 g/mol. The highest BCUT2D eigenvalue weighted by atomic mass is 16.5. The first-order valence-electron chi connectivity index (χ1n) is 6.86. The van der Waals surface area contributed by atoms with Crippen LogP contribution >= 0.6 is 0 Å². The molecule has 0 radical (unpaired) electrons. The van der Waals surface area contributed by atoms with Crippen molar-refractivity contribution >= 4 is 11.7 Å². The maximum atomic E-state index is 12.6. The molecule has 0 heterocycles.